The summed E-state index contributed by atoms with van der Waals surface area (Å²) in [6.07, 6.45) is 0.201. The number of nitro benzene ring substituents is 1. The maximum Gasteiger partial charge on any atom is 0.269 e. The van der Waals surface area contributed by atoms with E-state index in [1.54, 1.807) is 0 Å². The maximum absolute atomic E-state index is 13.6. The predicted molar refractivity (Wildman–Crippen MR) is 128 cm³/mol. The zero-order chi connectivity index (χ0) is 25.4. The van der Waals surface area contributed by atoms with Gasteiger partial charge in [0.2, 0.25) is 21.7 Å². The molecule has 2 aromatic carbocycles. The molecule has 4 N–H and O–H groups in total. The van der Waals surface area contributed by atoms with Crippen molar-refractivity contribution in [1.29, 1.82) is 0 Å². The van der Waals surface area contributed by atoms with Gasteiger partial charge in [-0.3, -0.25) is 10.1 Å². The lowest BCUT2D eigenvalue weighted by molar-refractivity contribution is -0.384. The number of hydrogen-bond acceptors (Lipinski definition) is 10. The molecule has 0 bridgehead atoms. The summed E-state index contributed by atoms with van der Waals surface area (Å²) in [6.45, 7) is 0.162. The molecule has 0 fully saturated rings. The third-order valence-corrected chi connectivity index (χ3v) is 5.79. The number of rotatable bonds is 11. The number of oxime groups is 1. The van der Waals surface area contributed by atoms with Crippen molar-refractivity contribution >= 4 is 49.0 Å². The van der Waals surface area contributed by atoms with Gasteiger partial charge >= 0.3 is 0 Å². The molecule has 16 heteroatoms. The van der Waals surface area contributed by atoms with E-state index in [0.29, 0.717) is 11.3 Å². The van der Waals surface area contributed by atoms with E-state index in [1.807, 2.05) is 0 Å². The van der Waals surface area contributed by atoms with Gasteiger partial charge in [0.05, 0.1) is 15.1 Å². The molecular formula is C19H19BrFN7O6S. The number of sulfonamides is 1. The molecule has 0 aliphatic rings. The second-order valence-electron chi connectivity index (χ2n) is 7.00. The average Bonchev–Trinajstić information content (AvgIpc) is 3.26. The lowest BCUT2D eigenvalue weighted by atomic mass is 10.2. The Balaban J connectivity index is 1.78. The van der Waals surface area contributed by atoms with Crippen LogP contribution in [0.2, 0.25) is 0 Å². The van der Waals surface area contributed by atoms with E-state index in [0.717, 1.165) is 0 Å². The summed E-state index contributed by atoms with van der Waals surface area (Å²) in [6, 6.07) is 9.87. The standard InChI is InChI=1S/C19H19BrFN7O6S/c20-15-10-13(4-7-16(15)21)24-19(26-33-11-12-2-5-14(6-3-12)28(29)30)17-18(27-34-25-17)23-8-1-9-35(22,31)32/h2-7,10H,1,8-9,11H2,(H,23,27)(H,24,26)(H2,22,31,32). The molecule has 186 valence electrons. The van der Waals surface area contributed by atoms with Crippen LogP contribution in [-0.4, -0.2) is 41.8 Å². The molecule has 1 heterocycles. The second-order valence-corrected chi connectivity index (χ2v) is 9.59. The first-order valence-electron chi connectivity index (χ1n) is 9.85. The number of hydrogen-bond donors (Lipinski definition) is 3. The van der Waals surface area contributed by atoms with Crippen molar-refractivity contribution in [3.8, 4) is 0 Å². The molecule has 0 atom stereocenters. The molecule has 35 heavy (non-hydrogen) atoms. The summed E-state index contributed by atoms with van der Waals surface area (Å²) >= 11 is 3.10. The molecule has 0 saturated heterocycles. The molecule has 0 amide bonds. The van der Waals surface area contributed by atoms with Crippen molar-refractivity contribution < 1.29 is 27.2 Å². The van der Waals surface area contributed by atoms with Crippen molar-refractivity contribution in [2.24, 2.45) is 10.3 Å². The van der Waals surface area contributed by atoms with Gasteiger partial charge in [-0.25, -0.2) is 22.6 Å². The Morgan fingerprint density at radius 2 is 2.00 bits per heavy atom. The van der Waals surface area contributed by atoms with Crippen LogP contribution in [0, 0.1) is 15.9 Å². The number of aromatic nitrogens is 2. The predicted octanol–water partition coefficient (Wildman–Crippen LogP) is 2.96. The highest BCUT2D eigenvalue weighted by atomic mass is 79.9. The minimum atomic E-state index is -3.61. The van der Waals surface area contributed by atoms with Gasteiger partial charge < -0.3 is 15.5 Å². The van der Waals surface area contributed by atoms with E-state index < -0.39 is 20.8 Å². The molecule has 0 aliphatic heterocycles. The van der Waals surface area contributed by atoms with Crippen LogP contribution in [0.1, 0.15) is 17.7 Å². The molecule has 0 aliphatic carbocycles. The number of benzene rings is 2. The van der Waals surface area contributed by atoms with Crippen molar-refractivity contribution in [2.75, 3.05) is 22.9 Å². The Morgan fingerprint density at radius 3 is 2.66 bits per heavy atom. The summed E-state index contributed by atoms with van der Waals surface area (Å²) in [5.41, 5.74) is 1.08. The van der Waals surface area contributed by atoms with Gasteiger partial charge in [0.25, 0.3) is 5.69 Å². The van der Waals surface area contributed by atoms with E-state index in [2.05, 4.69) is 42.0 Å². The van der Waals surface area contributed by atoms with Crippen molar-refractivity contribution in [1.82, 2.24) is 10.3 Å². The van der Waals surface area contributed by atoms with E-state index in [4.69, 9.17) is 14.6 Å². The van der Waals surface area contributed by atoms with Crippen LogP contribution < -0.4 is 15.8 Å². The number of anilines is 2. The van der Waals surface area contributed by atoms with Gasteiger partial charge in [-0.2, -0.15) is 0 Å². The van der Waals surface area contributed by atoms with Gasteiger partial charge in [-0.05, 0) is 68.6 Å². The van der Waals surface area contributed by atoms with Crippen molar-refractivity contribution in [3.05, 3.63) is 74.1 Å². The summed E-state index contributed by atoms with van der Waals surface area (Å²) in [5.74, 6) is -0.517. The van der Waals surface area contributed by atoms with Crippen LogP contribution in [0.5, 0.6) is 0 Å². The van der Waals surface area contributed by atoms with E-state index in [-0.39, 0.29) is 52.8 Å². The molecule has 0 spiro atoms. The van der Waals surface area contributed by atoms with Crippen LogP contribution in [0.4, 0.5) is 21.6 Å². The monoisotopic (exact) mass is 571 g/mol. The van der Waals surface area contributed by atoms with Gasteiger partial charge in [0.15, 0.2) is 5.69 Å². The van der Waals surface area contributed by atoms with Crippen molar-refractivity contribution in [2.45, 2.75) is 13.0 Å². The largest absolute Gasteiger partial charge is 0.389 e. The van der Waals surface area contributed by atoms with Gasteiger partial charge in [0.1, 0.15) is 12.4 Å². The molecule has 13 nitrogen and oxygen atoms in total. The number of non-ortho nitro benzene ring substituents is 1. The summed E-state index contributed by atoms with van der Waals surface area (Å²) < 4.78 is 40.8. The first-order chi connectivity index (χ1) is 16.6. The normalized spacial score (nSPS) is 11.8. The second kappa shape index (κ2) is 11.7. The zero-order valence-corrected chi connectivity index (χ0v) is 20.3. The van der Waals surface area contributed by atoms with Crippen LogP contribution in [0.15, 0.2) is 56.7 Å². The third-order valence-electron chi connectivity index (χ3n) is 4.33. The highest BCUT2D eigenvalue weighted by Gasteiger charge is 2.19. The minimum Gasteiger partial charge on any atom is -0.389 e. The Hall–Kier alpha value is -3.63. The van der Waals surface area contributed by atoms with Crippen LogP contribution in [0.3, 0.4) is 0 Å². The van der Waals surface area contributed by atoms with E-state index >= 15 is 0 Å². The highest BCUT2D eigenvalue weighted by molar-refractivity contribution is 9.10. The molecule has 0 saturated carbocycles. The maximum atomic E-state index is 13.6. The zero-order valence-electron chi connectivity index (χ0n) is 17.8. The number of primary sulfonamides is 1. The Labute approximate surface area is 206 Å². The lowest BCUT2D eigenvalue weighted by Crippen LogP contribution is -2.20. The number of nitrogens with zero attached hydrogens (tertiary/aromatic N) is 4. The fourth-order valence-corrected chi connectivity index (χ4v) is 3.59. The molecule has 1 aromatic heterocycles. The molecule has 0 radical (unpaired) electrons. The fourth-order valence-electron chi connectivity index (χ4n) is 2.66. The van der Waals surface area contributed by atoms with Crippen LogP contribution in [0.25, 0.3) is 0 Å². The number of nitrogens with one attached hydrogen (secondary N) is 2. The summed E-state index contributed by atoms with van der Waals surface area (Å²) in [5, 5.41) is 33.2. The van der Waals surface area contributed by atoms with Crippen LogP contribution in [-0.2, 0) is 21.5 Å². The molecular weight excluding hydrogens is 553 g/mol. The lowest BCUT2D eigenvalue weighted by Gasteiger charge is -2.10. The topological polar surface area (TPSA) is 188 Å². The van der Waals surface area contributed by atoms with Gasteiger partial charge in [-0.1, -0.05) is 5.16 Å². The van der Waals surface area contributed by atoms with Crippen molar-refractivity contribution in [3.63, 3.8) is 0 Å². The smallest absolute Gasteiger partial charge is 0.269 e. The number of amidine groups is 1. The fraction of sp³-hybridized carbons (Fsp3) is 0.211. The van der Waals surface area contributed by atoms with E-state index in [9.17, 15) is 22.9 Å². The van der Waals surface area contributed by atoms with Gasteiger partial charge in [0, 0.05) is 24.4 Å². The first-order valence-corrected chi connectivity index (χ1v) is 12.4. The molecule has 0 unspecified atom stereocenters. The van der Waals surface area contributed by atoms with Gasteiger partial charge in [-0.15, -0.1) is 0 Å². The molecule has 3 rings (SSSR count). The first kappa shape index (κ1) is 26.0. The Kier molecular flexibility index (Phi) is 8.67. The minimum absolute atomic E-state index is 0.0291. The van der Waals surface area contributed by atoms with E-state index in [1.165, 1.54) is 42.5 Å². The average molecular weight is 572 g/mol. The summed E-state index contributed by atoms with van der Waals surface area (Å²) in [7, 11) is -3.61. The third kappa shape index (κ3) is 7.97. The number of nitro groups is 1. The SMILES string of the molecule is NS(=O)(=O)CCCNc1nonc1/C(=N/OCc1ccc([N+](=O)[O-])cc1)Nc1ccc(F)c(Br)c1. The Bertz CT molecular complexity index is 1320. The number of nitrogens with two attached hydrogens (primary N) is 1. The quantitative estimate of drug-likeness (QED) is 0.101. The van der Waals surface area contributed by atoms with Crippen LogP contribution >= 0.6 is 15.9 Å². The molecule has 3 aromatic rings. The highest BCUT2D eigenvalue weighted by Crippen LogP contribution is 2.22. The Morgan fingerprint density at radius 1 is 1.26 bits per heavy atom. The summed E-state index contributed by atoms with van der Waals surface area (Å²) in [4.78, 5) is 15.7. The number of halogens is 2.